The van der Waals surface area contributed by atoms with Gasteiger partial charge in [0.05, 0.1) is 10.6 Å². The molecule has 120 valence electrons. The number of thioether (sulfide) groups is 1. The van der Waals surface area contributed by atoms with Crippen molar-refractivity contribution < 1.29 is 4.79 Å². The molecular weight excluding hydrogens is 384 g/mol. The van der Waals surface area contributed by atoms with Gasteiger partial charge < -0.3 is 5.32 Å². The maximum absolute atomic E-state index is 12.1. The lowest BCUT2D eigenvalue weighted by molar-refractivity contribution is -0.115. The number of carbonyl (C=O) groups is 1. The Hall–Kier alpha value is -2.11. The standard InChI is InChI=1S/C19H15BrN2OS/c1-13(11-14-5-3-2-4-6-14)12-17-18(23)22-19(24-17)21-16-9-7-15(20)8-10-16/h2-12H,1H3,(H,21,22,23)/b13-11+,17-12-. The molecule has 0 spiro atoms. The summed E-state index contributed by atoms with van der Waals surface area (Å²) in [6, 6.07) is 17.7. The van der Waals surface area contributed by atoms with Crippen LogP contribution in [0.3, 0.4) is 0 Å². The minimum atomic E-state index is -0.114. The van der Waals surface area contributed by atoms with Crippen LogP contribution >= 0.6 is 27.7 Å². The number of allylic oxidation sites excluding steroid dienone is 2. The van der Waals surface area contributed by atoms with Gasteiger partial charge in [-0.05, 0) is 60.2 Å². The maximum atomic E-state index is 12.1. The maximum Gasteiger partial charge on any atom is 0.264 e. The number of hydrogen-bond donors (Lipinski definition) is 1. The van der Waals surface area contributed by atoms with Crippen molar-refractivity contribution in [2.75, 3.05) is 0 Å². The van der Waals surface area contributed by atoms with Crippen LogP contribution in [0, 0.1) is 0 Å². The van der Waals surface area contributed by atoms with E-state index >= 15 is 0 Å². The zero-order valence-electron chi connectivity index (χ0n) is 13.0. The van der Waals surface area contributed by atoms with Gasteiger partial charge in [-0.1, -0.05) is 52.3 Å². The number of amides is 1. The number of hydrogen-bond acceptors (Lipinski definition) is 3. The summed E-state index contributed by atoms with van der Waals surface area (Å²) in [4.78, 5) is 17.2. The summed E-state index contributed by atoms with van der Waals surface area (Å²) < 4.78 is 0.997. The lowest BCUT2D eigenvalue weighted by Crippen LogP contribution is -2.19. The van der Waals surface area contributed by atoms with Crippen LogP contribution in [0.1, 0.15) is 12.5 Å². The fourth-order valence-electron chi connectivity index (χ4n) is 2.17. The quantitative estimate of drug-likeness (QED) is 0.713. The molecule has 1 aliphatic rings. The van der Waals surface area contributed by atoms with E-state index < -0.39 is 0 Å². The number of halogens is 1. The summed E-state index contributed by atoms with van der Waals surface area (Å²) in [6.07, 6.45) is 3.93. The number of nitrogens with zero attached hydrogens (tertiary/aromatic N) is 1. The third-order valence-corrected chi connectivity index (χ3v) is 4.70. The smallest absolute Gasteiger partial charge is 0.264 e. The van der Waals surface area contributed by atoms with Gasteiger partial charge in [0, 0.05) is 4.47 Å². The number of nitrogens with one attached hydrogen (secondary N) is 1. The molecule has 24 heavy (non-hydrogen) atoms. The Morgan fingerprint density at radius 2 is 1.83 bits per heavy atom. The molecule has 0 radical (unpaired) electrons. The van der Waals surface area contributed by atoms with Crippen molar-refractivity contribution in [3.8, 4) is 0 Å². The second-order valence-electron chi connectivity index (χ2n) is 5.26. The number of rotatable bonds is 3. The van der Waals surface area contributed by atoms with E-state index in [0.717, 1.165) is 21.3 Å². The van der Waals surface area contributed by atoms with Gasteiger partial charge in [-0.3, -0.25) is 4.79 Å². The van der Waals surface area contributed by atoms with Gasteiger partial charge in [0.15, 0.2) is 5.17 Å². The van der Waals surface area contributed by atoms with Gasteiger partial charge in [0.25, 0.3) is 5.91 Å². The molecular formula is C19H15BrN2OS. The molecule has 0 aliphatic carbocycles. The highest BCUT2D eigenvalue weighted by Gasteiger charge is 2.23. The summed E-state index contributed by atoms with van der Waals surface area (Å²) in [5.41, 5.74) is 2.93. The third-order valence-electron chi connectivity index (χ3n) is 3.26. The zero-order valence-corrected chi connectivity index (χ0v) is 15.4. The molecule has 1 N–H and O–H groups in total. The number of amidine groups is 1. The van der Waals surface area contributed by atoms with Crippen molar-refractivity contribution in [3.05, 3.63) is 81.2 Å². The van der Waals surface area contributed by atoms with Gasteiger partial charge in [-0.25, -0.2) is 4.99 Å². The number of carbonyl (C=O) groups excluding carboxylic acids is 1. The van der Waals surface area contributed by atoms with Crippen LogP contribution in [0.2, 0.25) is 0 Å². The fourth-order valence-corrected chi connectivity index (χ4v) is 3.33. The van der Waals surface area contributed by atoms with Crippen molar-refractivity contribution >= 4 is 50.5 Å². The lowest BCUT2D eigenvalue weighted by Gasteiger charge is -1.97. The van der Waals surface area contributed by atoms with E-state index in [0.29, 0.717) is 10.1 Å². The predicted molar refractivity (Wildman–Crippen MR) is 105 cm³/mol. The van der Waals surface area contributed by atoms with E-state index in [1.165, 1.54) is 11.8 Å². The van der Waals surface area contributed by atoms with Crippen LogP contribution < -0.4 is 5.32 Å². The molecule has 1 fully saturated rings. The molecule has 0 atom stereocenters. The van der Waals surface area contributed by atoms with Crippen molar-refractivity contribution in [1.82, 2.24) is 5.32 Å². The normalized spacial score (nSPS) is 18.2. The van der Waals surface area contributed by atoms with Crippen LogP contribution in [0.15, 0.2) is 80.6 Å². The predicted octanol–water partition coefficient (Wildman–Crippen LogP) is 5.29. The lowest BCUT2D eigenvalue weighted by atomic mass is 10.1. The average Bonchev–Trinajstić information content (AvgIpc) is 2.90. The van der Waals surface area contributed by atoms with E-state index in [-0.39, 0.29) is 5.91 Å². The summed E-state index contributed by atoms with van der Waals surface area (Å²) >= 11 is 4.75. The van der Waals surface area contributed by atoms with Gasteiger partial charge in [-0.15, -0.1) is 0 Å². The van der Waals surface area contributed by atoms with Crippen molar-refractivity contribution in [2.45, 2.75) is 6.92 Å². The second kappa shape index (κ2) is 7.64. The average molecular weight is 399 g/mol. The molecule has 3 rings (SSSR count). The van der Waals surface area contributed by atoms with Crippen LogP contribution in [-0.2, 0) is 4.79 Å². The van der Waals surface area contributed by atoms with Crippen LogP contribution in [0.25, 0.3) is 6.08 Å². The van der Waals surface area contributed by atoms with Crippen LogP contribution in [0.4, 0.5) is 5.69 Å². The SMILES string of the molecule is CC(/C=C1\SC(=Nc2ccc(Br)cc2)NC1=O)=C\c1ccccc1. The molecule has 0 unspecified atom stereocenters. The van der Waals surface area contributed by atoms with Gasteiger partial charge in [-0.2, -0.15) is 0 Å². The Balaban J connectivity index is 1.77. The third kappa shape index (κ3) is 4.46. The fraction of sp³-hybridized carbons (Fsp3) is 0.0526. The summed E-state index contributed by atoms with van der Waals surface area (Å²) in [7, 11) is 0. The highest BCUT2D eigenvalue weighted by Crippen LogP contribution is 2.28. The first-order valence-electron chi connectivity index (χ1n) is 7.39. The first-order chi connectivity index (χ1) is 11.6. The van der Waals surface area contributed by atoms with E-state index in [2.05, 4.69) is 26.2 Å². The van der Waals surface area contributed by atoms with E-state index in [1.54, 1.807) is 0 Å². The molecule has 0 bridgehead atoms. The molecule has 0 aromatic heterocycles. The Morgan fingerprint density at radius 1 is 1.12 bits per heavy atom. The first-order valence-corrected chi connectivity index (χ1v) is 8.99. The van der Waals surface area contributed by atoms with Gasteiger partial charge in [0.2, 0.25) is 0 Å². The Kier molecular flexibility index (Phi) is 5.33. The van der Waals surface area contributed by atoms with E-state index in [4.69, 9.17) is 0 Å². The van der Waals surface area contributed by atoms with Crippen molar-refractivity contribution in [1.29, 1.82) is 0 Å². The Bertz CT molecular complexity index is 839. The van der Waals surface area contributed by atoms with E-state index in [1.807, 2.05) is 73.7 Å². The van der Waals surface area contributed by atoms with Crippen LogP contribution in [0.5, 0.6) is 0 Å². The molecule has 3 nitrogen and oxygen atoms in total. The largest absolute Gasteiger partial charge is 0.300 e. The molecule has 2 aromatic carbocycles. The molecule has 5 heteroatoms. The topological polar surface area (TPSA) is 41.5 Å². The number of benzene rings is 2. The Morgan fingerprint density at radius 3 is 2.54 bits per heavy atom. The molecule has 1 amide bonds. The Labute approximate surface area is 153 Å². The summed E-state index contributed by atoms with van der Waals surface area (Å²) in [5.74, 6) is -0.114. The number of aliphatic imine (C=N–C) groups is 1. The molecule has 1 saturated heterocycles. The first kappa shape index (κ1) is 16.7. The molecule has 1 heterocycles. The summed E-state index contributed by atoms with van der Waals surface area (Å²) in [5, 5.41) is 3.40. The van der Waals surface area contributed by atoms with Crippen molar-refractivity contribution in [2.24, 2.45) is 4.99 Å². The zero-order chi connectivity index (χ0) is 16.9. The van der Waals surface area contributed by atoms with Crippen LogP contribution in [-0.4, -0.2) is 11.1 Å². The second-order valence-corrected chi connectivity index (χ2v) is 7.20. The minimum absolute atomic E-state index is 0.114. The highest BCUT2D eigenvalue weighted by molar-refractivity contribution is 9.10. The van der Waals surface area contributed by atoms with E-state index in [9.17, 15) is 4.79 Å². The monoisotopic (exact) mass is 398 g/mol. The van der Waals surface area contributed by atoms with Crippen molar-refractivity contribution in [3.63, 3.8) is 0 Å². The molecule has 0 saturated carbocycles. The summed E-state index contributed by atoms with van der Waals surface area (Å²) in [6.45, 7) is 1.98. The molecule has 2 aromatic rings. The van der Waals surface area contributed by atoms with Gasteiger partial charge in [0.1, 0.15) is 0 Å². The van der Waals surface area contributed by atoms with Gasteiger partial charge >= 0.3 is 0 Å². The minimum Gasteiger partial charge on any atom is -0.300 e. The highest BCUT2D eigenvalue weighted by atomic mass is 79.9. The molecule has 1 aliphatic heterocycles.